The molecular formula is C14H10FNO. The lowest BCUT2D eigenvalue weighted by molar-refractivity contribution is 0.469. The number of rotatable bonds is 0. The lowest BCUT2D eigenvalue weighted by Gasteiger charge is -1.95. The van der Waals surface area contributed by atoms with Gasteiger partial charge < -0.3 is 10.8 Å². The molecule has 0 aromatic heterocycles. The van der Waals surface area contributed by atoms with Gasteiger partial charge in [0.1, 0.15) is 11.6 Å². The third-order valence-corrected chi connectivity index (χ3v) is 2.20. The Hall–Kier alpha value is -2.47. The summed E-state index contributed by atoms with van der Waals surface area (Å²) in [4.78, 5) is 0. The van der Waals surface area contributed by atoms with E-state index in [4.69, 9.17) is 10.8 Å². The first-order chi connectivity index (χ1) is 8.15. The van der Waals surface area contributed by atoms with Gasteiger partial charge in [0.25, 0.3) is 0 Å². The van der Waals surface area contributed by atoms with Crippen molar-refractivity contribution in [3.63, 3.8) is 0 Å². The number of aromatic hydroxyl groups is 1. The normalized spacial score (nSPS) is 9.47. The summed E-state index contributed by atoms with van der Waals surface area (Å²) < 4.78 is 13.3. The molecule has 2 aromatic rings. The monoisotopic (exact) mass is 227 g/mol. The average molecular weight is 227 g/mol. The standard InChI is InChI=1S/C14H10FNO/c15-14-9-13(17)8-5-11(14)4-1-10-2-6-12(16)7-3-10/h2-3,5-9,17H,16H2. The van der Waals surface area contributed by atoms with Crippen molar-refractivity contribution >= 4 is 5.69 Å². The van der Waals surface area contributed by atoms with E-state index in [1.165, 1.54) is 12.1 Å². The minimum absolute atomic E-state index is 0.111. The Labute approximate surface area is 98.5 Å². The fourth-order valence-corrected chi connectivity index (χ4v) is 1.31. The van der Waals surface area contributed by atoms with Crippen LogP contribution in [0.25, 0.3) is 0 Å². The third kappa shape index (κ3) is 2.76. The minimum Gasteiger partial charge on any atom is -0.508 e. The van der Waals surface area contributed by atoms with E-state index in [0.717, 1.165) is 11.6 Å². The number of nitrogens with two attached hydrogens (primary N) is 1. The number of halogens is 1. The van der Waals surface area contributed by atoms with Crippen LogP contribution in [0.1, 0.15) is 11.1 Å². The maximum absolute atomic E-state index is 13.3. The van der Waals surface area contributed by atoms with Gasteiger partial charge in [-0.25, -0.2) is 4.39 Å². The Morgan fingerprint density at radius 1 is 1.00 bits per heavy atom. The van der Waals surface area contributed by atoms with Crippen LogP contribution in [0, 0.1) is 17.7 Å². The van der Waals surface area contributed by atoms with Crippen molar-refractivity contribution in [2.75, 3.05) is 5.73 Å². The Morgan fingerprint density at radius 3 is 2.35 bits per heavy atom. The first-order valence-electron chi connectivity index (χ1n) is 5.01. The number of benzene rings is 2. The van der Waals surface area contributed by atoms with Crippen molar-refractivity contribution in [2.24, 2.45) is 0 Å². The van der Waals surface area contributed by atoms with Crippen LogP contribution in [0.3, 0.4) is 0 Å². The quantitative estimate of drug-likeness (QED) is 0.536. The summed E-state index contributed by atoms with van der Waals surface area (Å²) in [5.74, 6) is 4.88. The molecule has 0 amide bonds. The highest BCUT2D eigenvalue weighted by Gasteiger charge is 1.99. The van der Waals surface area contributed by atoms with Crippen LogP contribution >= 0.6 is 0 Å². The van der Waals surface area contributed by atoms with Crippen molar-refractivity contribution < 1.29 is 9.50 Å². The van der Waals surface area contributed by atoms with Crippen LogP contribution in [-0.2, 0) is 0 Å². The van der Waals surface area contributed by atoms with Gasteiger partial charge in [0.05, 0.1) is 5.56 Å². The molecule has 0 atom stereocenters. The highest BCUT2D eigenvalue weighted by molar-refractivity contribution is 5.48. The molecule has 2 nitrogen and oxygen atoms in total. The fraction of sp³-hybridized carbons (Fsp3) is 0. The van der Waals surface area contributed by atoms with Gasteiger partial charge in [0, 0.05) is 17.3 Å². The molecule has 0 radical (unpaired) electrons. The summed E-state index contributed by atoms with van der Waals surface area (Å²) in [5, 5.41) is 9.05. The van der Waals surface area contributed by atoms with Gasteiger partial charge in [-0.3, -0.25) is 0 Å². The molecule has 0 aliphatic carbocycles. The summed E-state index contributed by atoms with van der Waals surface area (Å²) in [5.41, 5.74) is 7.20. The Morgan fingerprint density at radius 2 is 1.71 bits per heavy atom. The zero-order valence-electron chi connectivity index (χ0n) is 8.94. The van der Waals surface area contributed by atoms with Gasteiger partial charge in [-0.15, -0.1) is 0 Å². The second kappa shape index (κ2) is 4.58. The number of phenols is 1. The van der Waals surface area contributed by atoms with Crippen LogP contribution in [-0.4, -0.2) is 5.11 Å². The molecule has 3 N–H and O–H groups in total. The van der Waals surface area contributed by atoms with Gasteiger partial charge in [-0.05, 0) is 36.4 Å². The van der Waals surface area contributed by atoms with E-state index >= 15 is 0 Å². The van der Waals surface area contributed by atoms with Gasteiger partial charge >= 0.3 is 0 Å². The van der Waals surface area contributed by atoms with Crippen molar-refractivity contribution in [2.45, 2.75) is 0 Å². The van der Waals surface area contributed by atoms with Gasteiger partial charge in [-0.2, -0.15) is 0 Å². The van der Waals surface area contributed by atoms with Gasteiger partial charge in [0.2, 0.25) is 0 Å². The smallest absolute Gasteiger partial charge is 0.142 e. The molecule has 84 valence electrons. The third-order valence-electron chi connectivity index (χ3n) is 2.20. The van der Waals surface area contributed by atoms with Gasteiger partial charge in [0.15, 0.2) is 0 Å². The molecule has 0 aliphatic heterocycles. The molecule has 2 aromatic carbocycles. The fourth-order valence-electron chi connectivity index (χ4n) is 1.31. The molecule has 2 rings (SSSR count). The number of hydrogen-bond donors (Lipinski definition) is 2. The highest BCUT2D eigenvalue weighted by Crippen LogP contribution is 2.14. The number of phenolic OH excluding ortho intramolecular Hbond substituents is 1. The van der Waals surface area contributed by atoms with E-state index in [-0.39, 0.29) is 11.3 Å². The van der Waals surface area contributed by atoms with E-state index in [9.17, 15) is 4.39 Å². The lowest BCUT2D eigenvalue weighted by Crippen LogP contribution is -1.84. The van der Waals surface area contributed by atoms with Crippen LogP contribution < -0.4 is 5.73 Å². The predicted octanol–water partition coefficient (Wildman–Crippen LogP) is 2.51. The molecule has 0 unspecified atom stereocenters. The Balaban J connectivity index is 2.29. The van der Waals surface area contributed by atoms with E-state index < -0.39 is 5.82 Å². The minimum atomic E-state index is -0.534. The van der Waals surface area contributed by atoms with E-state index in [0.29, 0.717) is 5.69 Å². The SMILES string of the molecule is Nc1ccc(C#Cc2ccc(O)cc2F)cc1. The summed E-state index contributed by atoms with van der Waals surface area (Å²) in [6.07, 6.45) is 0. The average Bonchev–Trinajstić information content (AvgIpc) is 2.30. The zero-order chi connectivity index (χ0) is 12.3. The largest absolute Gasteiger partial charge is 0.508 e. The van der Waals surface area contributed by atoms with E-state index in [1.807, 2.05) is 0 Å². The molecule has 0 aliphatic rings. The molecule has 0 spiro atoms. The van der Waals surface area contributed by atoms with Crippen LogP contribution in [0.5, 0.6) is 5.75 Å². The van der Waals surface area contributed by atoms with Crippen molar-refractivity contribution in [1.82, 2.24) is 0 Å². The van der Waals surface area contributed by atoms with Crippen molar-refractivity contribution in [3.05, 3.63) is 59.4 Å². The summed E-state index contributed by atoms with van der Waals surface area (Å²) in [7, 11) is 0. The first-order valence-corrected chi connectivity index (χ1v) is 5.01. The Bertz CT molecular complexity index is 594. The van der Waals surface area contributed by atoms with Crippen molar-refractivity contribution in [1.29, 1.82) is 0 Å². The molecule has 0 saturated heterocycles. The summed E-state index contributed by atoms with van der Waals surface area (Å²) in [6, 6.07) is 10.9. The molecule has 3 heteroatoms. The number of anilines is 1. The second-order valence-corrected chi connectivity index (χ2v) is 3.54. The molecule has 0 fully saturated rings. The molecule has 0 heterocycles. The van der Waals surface area contributed by atoms with Crippen molar-refractivity contribution in [3.8, 4) is 17.6 Å². The van der Waals surface area contributed by atoms with Crippen LogP contribution in [0.2, 0.25) is 0 Å². The maximum Gasteiger partial charge on any atom is 0.142 e. The lowest BCUT2D eigenvalue weighted by atomic mass is 10.1. The zero-order valence-corrected chi connectivity index (χ0v) is 8.94. The summed E-state index contributed by atoms with van der Waals surface area (Å²) >= 11 is 0. The highest BCUT2D eigenvalue weighted by atomic mass is 19.1. The molecule has 0 saturated carbocycles. The number of nitrogen functional groups attached to an aromatic ring is 1. The maximum atomic E-state index is 13.3. The number of hydrogen-bond acceptors (Lipinski definition) is 2. The predicted molar refractivity (Wildman–Crippen MR) is 64.9 cm³/mol. The van der Waals surface area contributed by atoms with Crippen LogP contribution in [0.15, 0.2) is 42.5 Å². The van der Waals surface area contributed by atoms with E-state index in [2.05, 4.69) is 11.8 Å². The van der Waals surface area contributed by atoms with Crippen LogP contribution in [0.4, 0.5) is 10.1 Å². The first kappa shape index (κ1) is 11.0. The van der Waals surface area contributed by atoms with E-state index in [1.54, 1.807) is 24.3 Å². The molecule has 0 bridgehead atoms. The van der Waals surface area contributed by atoms with Gasteiger partial charge in [-0.1, -0.05) is 11.8 Å². The Kier molecular flexibility index (Phi) is 2.97. The summed E-state index contributed by atoms with van der Waals surface area (Å²) in [6.45, 7) is 0. The topological polar surface area (TPSA) is 46.2 Å². The molecule has 17 heavy (non-hydrogen) atoms. The second-order valence-electron chi connectivity index (χ2n) is 3.54. The molecular weight excluding hydrogens is 217 g/mol.